The number of nitrogens with zero attached hydrogens (tertiary/aromatic N) is 1. The van der Waals surface area contributed by atoms with E-state index in [1.54, 1.807) is 6.26 Å². The molecule has 1 aliphatic rings. The van der Waals surface area contributed by atoms with Gasteiger partial charge in [-0.2, -0.15) is 0 Å². The zero-order valence-corrected chi connectivity index (χ0v) is 12.9. The van der Waals surface area contributed by atoms with E-state index in [1.165, 1.54) is 12.8 Å². The van der Waals surface area contributed by atoms with Gasteiger partial charge in [0.25, 0.3) is 0 Å². The molecule has 0 amide bonds. The van der Waals surface area contributed by atoms with Crippen LogP contribution in [0.4, 0.5) is 0 Å². The van der Waals surface area contributed by atoms with E-state index in [2.05, 4.69) is 31.1 Å². The topological polar surface area (TPSA) is 37.5 Å². The summed E-state index contributed by atoms with van der Waals surface area (Å²) in [7, 11) is 0. The fourth-order valence-corrected chi connectivity index (χ4v) is 3.95. The third-order valence-corrected chi connectivity index (χ3v) is 5.02. The maximum absolute atomic E-state index is 5.38. The summed E-state index contributed by atoms with van der Waals surface area (Å²) in [4.78, 5) is 4.64. The van der Waals surface area contributed by atoms with Crippen molar-refractivity contribution in [2.24, 2.45) is 10.9 Å². The normalized spacial score (nSPS) is 20.6. The molecule has 0 aliphatic carbocycles. The minimum Gasteiger partial charge on any atom is -0.469 e. The second-order valence-electron chi connectivity index (χ2n) is 5.21. The summed E-state index contributed by atoms with van der Waals surface area (Å²) in [5, 5.41) is 5.27. The van der Waals surface area contributed by atoms with E-state index in [9.17, 15) is 0 Å². The second-order valence-corrected chi connectivity index (χ2v) is 6.44. The molecule has 2 atom stereocenters. The Morgan fingerprint density at radius 1 is 1.47 bits per heavy atom. The first-order chi connectivity index (χ1) is 9.22. The smallest absolute Gasteiger partial charge is 0.157 e. The van der Waals surface area contributed by atoms with Crippen molar-refractivity contribution in [1.29, 1.82) is 0 Å². The highest BCUT2D eigenvalue weighted by Gasteiger charge is 2.26. The van der Waals surface area contributed by atoms with E-state index in [-0.39, 0.29) is 0 Å². The van der Waals surface area contributed by atoms with Gasteiger partial charge in [-0.25, -0.2) is 0 Å². The standard InChI is InChI=1S/C15H24N2OS/c1-4-12(5-2)14-10-16-15(19-14)17-11(3)9-13-7-6-8-18-13/h6-8,11-12,14H,4-5,9-10H2,1-3H3,(H,16,17). The Labute approximate surface area is 120 Å². The van der Waals surface area contributed by atoms with Crippen LogP contribution in [0.2, 0.25) is 0 Å². The fourth-order valence-electron chi connectivity index (χ4n) is 2.52. The predicted molar refractivity (Wildman–Crippen MR) is 82.8 cm³/mol. The average Bonchev–Trinajstić information content (AvgIpc) is 3.03. The van der Waals surface area contributed by atoms with E-state index >= 15 is 0 Å². The SMILES string of the molecule is CCC(CC)C1CN=C(NC(C)Cc2ccco2)S1. The number of furan rings is 1. The highest BCUT2D eigenvalue weighted by molar-refractivity contribution is 8.14. The van der Waals surface area contributed by atoms with E-state index in [1.807, 2.05) is 23.9 Å². The van der Waals surface area contributed by atoms with Crippen LogP contribution in [0, 0.1) is 5.92 Å². The Bertz CT molecular complexity index is 398. The summed E-state index contributed by atoms with van der Waals surface area (Å²) in [6.45, 7) is 7.70. The van der Waals surface area contributed by atoms with Crippen LogP contribution in [-0.2, 0) is 6.42 Å². The van der Waals surface area contributed by atoms with Crippen LogP contribution in [0.1, 0.15) is 39.4 Å². The Kier molecular flexibility index (Phi) is 5.37. The monoisotopic (exact) mass is 280 g/mol. The Balaban J connectivity index is 1.78. The number of hydrogen-bond acceptors (Lipinski definition) is 4. The van der Waals surface area contributed by atoms with Crippen molar-refractivity contribution in [2.75, 3.05) is 6.54 Å². The molecule has 0 radical (unpaired) electrons. The van der Waals surface area contributed by atoms with Gasteiger partial charge >= 0.3 is 0 Å². The summed E-state index contributed by atoms with van der Waals surface area (Å²) in [6.07, 6.45) is 5.13. The first-order valence-corrected chi connectivity index (χ1v) is 8.10. The molecule has 2 heterocycles. The minimum absolute atomic E-state index is 0.359. The van der Waals surface area contributed by atoms with Crippen LogP contribution in [0.25, 0.3) is 0 Å². The first-order valence-electron chi connectivity index (χ1n) is 7.22. The highest BCUT2D eigenvalue weighted by Crippen LogP contribution is 2.30. The largest absolute Gasteiger partial charge is 0.469 e. The Morgan fingerprint density at radius 3 is 2.89 bits per heavy atom. The van der Waals surface area contributed by atoms with Crippen molar-refractivity contribution in [1.82, 2.24) is 5.32 Å². The molecule has 2 unspecified atom stereocenters. The molecule has 1 aromatic rings. The van der Waals surface area contributed by atoms with Gasteiger partial charge in [-0.3, -0.25) is 4.99 Å². The van der Waals surface area contributed by atoms with Gasteiger partial charge in [0.05, 0.1) is 12.8 Å². The Morgan fingerprint density at radius 2 is 2.26 bits per heavy atom. The lowest BCUT2D eigenvalue weighted by atomic mass is 9.99. The molecule has 1 aliphatic heterocycles. The van der Waals surface area contributed by atoms with Crippen molar-refractivity contribution in [3.63, 3.8) is 0 Å². The zero-order valence-electron chi connectivity index (χ0n) is 12.1. The van der Waals surface area contributed by atoms with Gasteiger partial charge in [-0.15, -0.1) is 0 Å². The second kappa shape index (κ2) is 7.04. The summed E-state index contributed by atoms with van der Waals surface area (Å²) < 4.78 is 5.38. The molecule has 0 saturated heterocycles. The molecule has 4 heteroatoms. The van der Waals surface area contributed by atoms with Crippen molar-refractivity contribution in [3.05, 3.63) is 24.2 Å². The fraction of sp³-hybridized carbons (Fsp3) is 0.667. The number of hydrogen-bond donors (Lipinski definition) is 1. The van der Waals surface area contributed by atoms with E-state index in [0.29, 0.717) is 11.3 Å². The number of nitrogens with one attached hydrogen (secondary N) is 1. The van der Waals surface area contributed by atoms with Crippen molar-refractivity contribution >= 4 is 16.9 Å². The van der Waals surface area contributed by atoms with Gasteiger partial charge in [0.2, 0.25) is 0 Å². The highest BCUT2D eigenvalue weighted by atomic mass is 32.2. The molecule has 0 saturated carbocycles. The Hall–Kier alpha value is -0.900. The van der Waals surface area contributed by atoms with Gasteiger partial charge in [0.15, 0.2) is 5.17 Å². The van der Waals surface area contributed by atoms with Crippen molar-refractivity contribution in [3.8, 4) is 0 Å². The van der Waals surface area contributed by atoms with Gasteiger partial charge in [0, 0.05) is 17.7 Å². The molecule has 0 bridgehead atoms. The number of thioether (sulfide) groups is 1. The number of rotatable bonds is 6. The van der Waals surface area contributed by atoms with Gasteiger partial charge in [-0.1, -0.05) is 38.5 Å². The average molecular weight is 280 g/mol. The molecule has 1 aromatic heterocycles. The number of aliphatic imine (C=N–C) groups is 1. The first kappa shape index (κ1) is 14.5. The predicted octanol–water partition coefficient (Wildman–Crippen LogP) is 3.71. The van der Waals surface area contributed by atoms with Crippen molar-refractivity contribution < 1.29 is 4.42 Å². The summed E-state index contributed by atoms with van der Waals surface area (Å²) in [5.74, 6) is 1.81. The maximum atomic E-state index is 5.38. The van der Waals surface area contributed by atoms with E-state index < -0.39 is 0 Å². The van der Waals surface area contributed by atoms with Crippen LogP contribution in [0.15, 0.2) is 27.8 Å². The molecule has 3 nitrogen and oxygen atoms in total. The molecule has 19 heavy (non-hydrogen) atoms. The summed E-state index contributed by atoms with van der Waals surface area (Å²) in [6, 6.07) is 4.32. The number of amidine groups is 1. The molecular weight excluding hydrogens is 256 g/mol. The van der Waals surface area contributed by atoms with E-state index in [4.69, 9.17) is 4.42 Å². The lowest BCUT2D eigenvalue weighted by Gasteiger charge is -2.19. The van der Waals surface area contributed by atoms with Crippen molar-refractivity contribution in [2.45, 2.75) is 51.3 Å². The maximum Gasteiger partial charge on any atom is 0.157 e. The molecule has 0 fully saturated rings. The summed E-state index contributed by atoms with van der Waals surface area (Å²) in [5.41, 5.74) is 0. The molecule has 106 valence electrons. The lowest BCUT2D eigenvalue weighted by Crippen LogP contribution is -2.32. The minimum atomic E-state index is 0.359. The third-order valence-electron chi connectivity index (χ3n) is 3.71. The molecule has 0 spiro atoms. The van der Waals surface area contributed by atoms with Gasteiger partial charge in [0.1, 0.15) is 5.76 Å². The molecule has 2 rings (SSSR count). The summed E-state index contributed by atoms with van der Waals surface area (Å²) >= 11 is 1.92. The zero-order chi connectivity index (χ0) is 13.7. The van der Waals surface area contributed by atoms with E-state index in [0.717, 1.165) is 29.8 Å². The van der Waals surface area contributed by atoms with Gasteiger partial charge < -0.3 is 9.73 Å². The van der Waals surface area contributed by atoms with Crippen LogP contribution < -0.4 is 5.32 Å². The third kappa shape index (κ3) is 4.03. The molecule has 0 aromatic carbocycles. The molecular formula is C15H24N2OS. The lowest BCUT2D eigenvalue weighted by molar-refractivity contribution is 0.479. The quantitative estimate of drug-likeness (QED) is 0.863. The van der Waals surface area contributed by atoms with Crippen LogP contribution in [0.5, 0.6) is 0 Å². The van der Waals surface area contributed by atoms with Crippen LogP contribution in [0.3, 0.4) is 0 Å². The van der Waals surface area contributed by atoms with Crippen LogP contribution >= 0.6 is 11.8 Å². The van der Waals surface area contributed by atoms with Crippen LogP contribution in [-0.4, -0.2) is 23.0 Å². The van der Waals surface area contributed by atoms with Gasteiger partial charge in [-0.05, 0) is 25.0 Å². The molecule has 1 N–H and O–H groups in total.